The average molecular weight is 357 g/mol. The number of hydrogen-bond acceptors (Lipinski definition) is 2. The number of amides is 2. The van der Waals surface area contributed by atoms with Gasteiger partial charge in [-0.3, -0.25) is 4.98 Å². The van der Waals surface area contributed by atoms with Crippen molar-refractivity contribution in [3.63, 3.8) is 0 Å². The van der Waals surface area contributed by atoms with Gasteiger partial charge in [0.05, 0.1) is 11.7 Å². The van der Waals surface area contributed by atoms with E-state index < -0.39 is 0 Å². The van der Waals surface area contributed by atoms with Crippen LogP contribution in [-0.4, -0.2) is 17.6 Å². The third kappa shape index (κ3) is 4.00. The third-order valence-electron chi connectivity index (χ3n) is 5.22. The Hall–Kier alpha value is -3.14. The highest BCUT2D eigenvalue weighted by molar-refractivity contribution is 5.75. The van der Waals surface area contributed by atoms with Crippen LogP contribution in [0.2, 0.25) is 0 Å². The first-order valence-electron chi connectivity index (χ1n) is 9.33. The van der Waals surface area contributed by atoms with Crippen molar-refractivity contribution in [3.8, 4) is 0 Å². The summed E-state index contributed by atoms with van der Waals surface area (Å²) in [5.41, 5.74) is 3.22. The fraction of sp³-hybridized carbons (Fsp3) is 0.217. The summed E-state index contributed by atoms with van der Waals surface area (Å²) >= 11 is 0. The topological polar surface area (TPSA) is 54.0 Å². The van der Waals surface area contributed by atoms with Gasteiger partial charge in [0.2, 0.25) is 0 Å². The minimum absolute atomic E-state index is 0.0891. The molecular formula is C23H23N3O. The van der Waals surface area contributed by atoms with Crippen LogP contribution in [0.4, 0.5) is 4.79 Å². The van der Waals surface area contributed by atoms with Gasteiger partial charge in [0.1, 0.15) is 0 Å². The monoisotopic (exact) mass is 357 g/mol. The van der Waals surface area contributed by atoms with E-state index in [9.17, 15) is 4.79 Å². The first-order chi connectivity index (χ1) is 13.3. The second-order valence-corrected chi connectivity index (χ2v) is 7.07. The molecule has 0 bridgehead atoms. The van der Waals surface area contributed by atoms with Gasteiger partial charge < -0.3 is 10.6 Å². The number of benzene rings is 2. The van der Waals surface area contributed by atoms with E-state index in [0.29, 0.717) is 6.54 Å². The molecule has 4 rings (SSSR count). The van der Waals surface area contributed by atoms with Gasteiger partial charge in [0, 0.05) is 18.2 Å². The highest BCUT2D eigenvalue weighted by atomic mass is 16.2. The summed E-state index contributed by atoms with van der Waals surface area (Å²) in [6.07, 6.45) is 3.97. The lowest BCUT2D eigenvalue weighted by Gasteiger charge is -2.21. The van der Waals surface area contributed by atoms with Crippen molar-refractivity contribution in [2.45, 2.75) is 24.3 Å². The summed E-state index contributed by atoms with van der Waals surface area (Å²) in [5, 5.41) is 6.16. The van der Waals surface area contributed by atoms with Gasteiger partial charge >= 0.3 is 6.03 Å². The molecule has 4 heteroatoms. The van der Waals surface area contributed by atoms with Crippen molar-refractivity contribution < 1.29 is 4.79 Å². The molecule has 3 aromatic rings. The van der Waals surface area contributed by atoms with Gasteiger partial charge in [0.15, 0.2) is 0 Å². The molecule has 1 atom stereocenters. The minimum atomic E-state index is -0.278. The fourth-order valence-corrected chi connectivity index (χ4v) is 3.46. The molecule has 1 aliphatic rings. The van der Waals surface area contributed by atoms with Crippen LogP contribution in [0.1, 0.15) is 35.7 Å². The molecule has 1 fully saturated rings. The smallest absolute Gasteiger partial charge is 0.315 e. The first kappa shape index (κ1) is 17.3. The number of nitrogens with one attached hydrogen (secondary N) is 2. The molecule has 0 aliphatic heterocycles. The Kier molecular flexibility index (Phi) is 4.88. The Labute approximate surface area is 159 Å². The van der Waals surface area contributed by atoms with Gasteiger partial charge in [-0.15, -0.1) is 0 Å². The zero-order chi connectivity index (χ0) is 18.5. The SMILES string of the molecule is O=C(NCC1(c2ccccc2)CC1)NC(c1ccccc1)c1ccccn1. The maximum atomic E-state index is 12.7. The molecular weight excluding hydrogens is 334 g/mol. The predicted molar refractivity (Wildman–Crippen MR) is 106 cm³/mol. The Morgan fingerprint density at radius 3 is 2.22 bits per heavy atom. The van der Waals surface area contributed by atoms with Crippen LogP contribution in [-0.2, 0) is 5.41 Å². The lowest BCUT2D eigenvalue weighted by atomic mass is 9.96. The van der Waals surface area contributed by atoms with E-state index in [0.717, 1.165) is 24.1 Å². The van der Waals surface area contributed by atoms with E-state index in [1.165, 1.54) is 5.56 Å². The summed E-state index contributed by atoms with van der Waals surface area (Å²) in [4.78, 5) is 17.1. The summed E-state index contributed by atoms with van der Waals surface area (Å²) in [5.74, 6) is 0. The number of carbonyl (C=O) groups is 1. The van der Waals surface area contributed by atoms with Crippen LogP contribution in [0.5, 0.6) is 0 Å². The Bertz CT molecular complexity index is 838. The number of carbonyl (C=O) groups excluding carboxylic acids is 1. The molecule has 4 nitrogen and oxygen atoms in total. The number of aromatic nitrogens is 1. The molecule has 0 saturated heterocycles. The van der Waals surface area contributed by atoms with Crippen molar-refractivity contribution in [2.75, 3.05) is 6.54 Å². The normalized spacial score (nSPS) is 15.6. The van der Waals surface area contributed by atoms with E-state index in [2.05, 4.69) is 39.9 Å². The van der Waals surface area contributed by atoms with E-state index in [1.807, 2.05) is 54.6 Å². The quantitative estimate of drug-likeness (QED) is 0.695. The molecule has 1 saturated carbocycles. The van der Waals surface area contributed by atoms with E-state index >= 15 is 0 Å². The fourth-order valence-electron chi connectivity index (χ4n) is 3.46. The largest absolute Gasteiger partial charge is 0.337 e. The van der Waals surface area contributed by atoms with E-state index in [-0.39, 0.29) is 17.5 Å². The molecule has 0 spiro atoms. The lowest BCUT2D eigenvalue weighted by molar-refractivity contribution is 0.237. The standard InChI is InChI=1S/C23H23N3O/c27-22(25-17-23(14-15-23)19-11-5-2-6-12-19)26-21(18-9-3-1-4-10-18)20-13-7-8-16-24-20/h1-13,16,21H,14-15,17H2,(H2,25,26,27). The summed E-state index contributed by atoms with van der Waals surface area (Å²) < 4.78 is 0. The second-order valence-electron chi connectivity index (χ2n) is 7.07. The number of rotatable bonds is 6. The van der Waals surface area contributed by atoms with Gasteiger partial charge in [-0.2, -0.15) is 0 Å². The molecule has 27 heavy (non-hydrogen) atoms. The highest BCUT2D eigenvalue weighted by Crippen LogP contribution is 2.47. The van der Waals surface area contributed by atoms with Crippen LogP contribution in [0.25, 0.3) is 0 Å². The van der Waals surface area contributed by atoms with Crippen LogP contribution in [0, 0.1) is 0 Å². The minimum Gasteiger partial charge on any atom is -0.337 e. The number of pyridine rings is 1. The Morgan fingerprint density at radius 2 is 1.59 bits per heavy atom. The van der Waals surface area contributed by atoms with Crippen molar-refractivity contribution in [2.24, 2.45) is 0 Å². The molecule has 136 valence electrons. The summed E-state index contributed by atoms with van der Waals surface area (Å²) in [6, 6.07) is 25.7. The van der Waals surface area contributed by atoms with Crippen molar-refractivity contribution in [1.29, 1.82) is 0 Å². The van der Waals surface area contributed by atoms with Crippen molar-refractivity contribution >= 4 is 6.03 Å². The zero-order valence-corrected chi connectivity index (χ0v) is 15.1. The third-order valence-corrected chi connectivity index (χ3v) is 5.22. The lowest BCUT2D eigenvalue weighted by Crippen LogP contribution is -2.42. The molecule has 1 aliphatic carbocycles. The molecule has 1 aromatic heterocycles. The molecule has 1 heterocycles. The van der Waals surface area contributed by atoms with Gasteiger partial charge in [-0.05, 0) is 36.1 Å². The van der Waals surface area contributed by atoms with E-state index in [4.69, 9.17) is 0 Å². The van der Waals surface area contributed by atoms with Crippen molar-refractivity contribution in [1.82, 2.24) is 15.6 Å². The van der Waals surface area contributed by atoms with E-state index in [1.54, 1.807) is 6.20 Å². The molecule has 2 aromatic carbocycles. The molecule has 2 amide bonds. The van der Waals surface area contributed by atoms with Crippen molar-refractivity contribution in [3.05, 3.63) is 102 Å². The van der Waals surface area contributed by atoms with Gasteiger partial charge in [0.25, 0.3) is 0 Å². The highest BCUT2D eigenvalue weighted by Gasteiger charge is 2.44. The summed E-state index contributed by atoms with van der Waals surface area (Å²) in [6.45, 7) is 0.645. The average Bonchev–Trinajstić information content (AvgIpc) is 3.54. The predicted octanol–water partition coefficient (Wildman–Crippen LogP) is 4.20. The number of nitrogens with zero attached hydrogens (tertiary/aromatic N) is 1. The van der Waals surface area contributed by atoms with Crippen LogP contribution >= 0.6 is 0 Å². The maximum absolute atomic E-state index is 12.7. The molecule has 1 unspecified atom stereocenters. The summed E-state index contributed by atoms with van der Waals surface area (Å²) in [7, 11) is 0. The van der Waals surface area contributed by atoms with Crippen LogP contribution in [0.3, 0.4) is 0 Å². The maximum Gasteiger partial charge on any atom is 0.315 e. The van der Waals surface area contributed by atoms with Gasteiger partial charge in [-0.1, -0.05) is 66.7 Å². The number of hydrogen-bond donors (Lipinski definition) is 2. The molecule has 0 radical (unpaired) electrons. The van der Waals surface area contributed by atoms with Crippen LogP contribution < -0.4 is 10.6 Å². The Morgan fingerprint density at radius 1 is 0.926 bits per heavy atom. The zero-order valence-electron chi connectivity index (χ0n) is 15.1. The second kappa shape index (κ2) is 7.62. The molecule has 2 N–H and O–H groups in total. The van der Waals surface area contributed by atoms with Gasteiger partial charge in [-0.25, -0.2) is 4.79 Å². The number of urea groups is 1. The first-order valence-corrected chi connectivity index (χ1v) is 9.33. The van der Waals surface area contributed by atoms with Crippen LogP contribution in [0.15, 0.2) is 85.1 Å². The Balaban J connectivity index is 1.45.